The Morgan fingerprint density at radius 2 is 2.05 bits per heavy atom. The molecule has 0 unspecified atom stereocenters. The maximum absolute atomic E-state index is 12.7. The second-order valence-corrected chi connectivity index (χ2v) is 6.85. The third-order valence-corrected chi connectivity index (χ3v) is 5.28. The van der Waals surface area contributed by atoms with Gasteiger partial charge in [0, 0.05) is 13.6 Å². The molecule has 0 atom stereocenters. The van der Waals surface area contributed by atoms with Gasteiger partial charge in [-0.15, -0.1) is 0 Å². The van der Waals surface area contributed by atoms with Crippen LogP contribution in [-0.4, -0.2) is 19.8 Å². The van der Waals surface area contributed by atoms with Crippen molar-refractivity contribution >= 4 is 10.0 Å². The van der Waals surface area contributed by atoms with Crippen molar-refractivity contribution in [3.8, 4) is 0 Å². The smallest absolute Gasteiger partial charge is 0.243 e. The average molecular weight is 308 g/mol. The molecule has 5 nitrogen and oxygen atoms in total. The summed E-state index contributed by atoms with van der Waals surface area (Å²) in [7, 11) is -2.02. The molecule has 1 aromatic heterocycles. The fraction of sp³-hybridized carbons (Fsp3) is 0.333. The van der Waals surface area contributed by atoms with E-state index in [1.54, 1.807) is 25.2 Å². The van der Waals surface area contributed by atoms with Crippen molar-refractivity contribution in [1.82, 2.24) is 4.31 Å². The SMILES string of the molecule is CCc1ccc(CN)cc1S(=O)(=O)N(C)Cc1ccco1. The van der Waals surface area contributed by atoms with E-state index in [0.717, 1.165) is 11.1 Å². The van der Waals surface area contributed by atoms with Crippen molar-refractivity contribution < 1.29 is 12.8 Å². The molecular formula is C15H20N2O3S. The van der Waals surface area contributed by atoms with Gasteiger partial charge in [-0.2, -0.15) is 4.31 Å². The molecule has 1 heterocycles. The van der Waals surface area contributed by atoms with Gasteiger partial charge < -0.3 is 10.2 Å². The van der Waals surface area contributed by atoms with Gasteiger partial charge in [-0.25, -0.2) is 8.42 Å². The van der Waals surface area contributed by atoms with Gasteiger partial charge in [0.15, 0.2) is 0 Å². The maximum atomic E-state index is 12.7. The normalized spacial score (nSPS) is 12.0. The van der Waals surface area contributed by atoms with Crippen LogP contribution in [0.25, 0.3) is 0 Å². The molecule has 0 radical (unpaired) electrons. The fourth-order valence-corrected chi connectivity index (χ4v) is 3.61. The van der Waals surface area contributed by atoms with Crippen molar-refractivity contribution in [3.63, 3.8) is 0 Å². The van der Waals surface area contributed by atoms with Crippen LogP contribution in [0.5, 0.6) is 0 Å². The predicted octanol–water partition coefficient (Wildman–Crippen LogP) is 2.12. The molecule has 0 spiro atoms. The van der Waals surface area contributed by atoms with Gasteiger partial charge in [0.1, 0.15) is 5.76 Å². The molecule has 0 aliphatic heterocycles. The Labute approximate surface area is 125 Å². The standard InChI is InChI=1S/C15H20N2O3S/c1-3-13-7-6-12(10-16)9-15(13)21(18,19)17(2)11-14-5-4-8-20-14/h4-9H,3,10-11,16H2,1-2H3. The fourth-order valence-electron chi connectivity index (χ4n) is 2.13. The summed E-state index contributed by atoms with van der Waals surface area (Å²) >= 11 is 0. The van der Waals surface area contributed by atoms with Crippen LogP contribution in [0.4, 0.5) is 0 Å². The zero-order valence-electron chi connectivity index (χ0n) is 12.2. The van der Waals surface area contributed by atoms with Gasteiger partial charge in [0.2, 0.25) is 10.0 Å². The Bertz CT molecular complexity index is 694. The molecule has 21 heavy (non-hydrogen) atoms. The first-order valence-corrected chi connectivity index (χ1v) is 8.23. The first kappa shape index (κ1) is 15.8. The number of hydrogen-bond acceptors (Lipinski definition) is 4. The molecule has 2 aromatic rings. The number of sulfonamides is 1. The second-order valence-electron chi connectivity index (χ2n) is 4.84. The van der Waals surface area contributed by atoms with E-state index >= 15 is 0 Å². The average Bonchev–Trinajstić information content (AvgIpc) is 2.99. The molecule has 0 aliphatic carbocycles. The Hall–Kier alpha value is -1.63. The molecule has 2 rings (SSSR count). The molecule has 0 aliphatic rings. The Morgan fingerprint density at radius 1 is 1.29 bits per heavy atom. The van der Waals surface area contributed by atoms with Gasteiger partial charge in [-0.1, -0.05) is 19.1 Å². The third kappa shape index (κ3) is 3.34. The van der Waals surface area contributed by atoms with Gasteiger partial charge >= 0.3 is 0 Å². The van der Waals surface area contributed by atoms with E-state index in [9.17, 15) is 8.42 Å². The summed E-state index contributed by atoms with van der Waals surface area (Å²) in [6.45, 7) is 2.45. The largest absolute Gasteiger partial charge is 0.468 e. The van der Waals surface area contributed by atoms with Crippen LogP contribution in [-0.2, 0) is 29.5 Å². The van der Waals surface area contributed by atoms with E-state index in [4.69, 9.17) is 10.2 Å². The second kappa shape index (κ2) is 6.43. The summed E-state index contributed by atoms with van der Waals surface area (Å²) in [5.41, 5.74) is 7.21. The molecule has 0 saturated heterocycles. The Balaban J connectivity index is 2.38. The van der Waals surface area contributed by atoms with E-state index in [1.807, 2.05) is 19.1 Å². The highest BCUT2D eigenvalue weighted by molar-refractivity contribution is 7.89. The Morgan fingerprint density at radius 3 is 2.62 bits per heavy atom. The summed E-state index contributed by atoms with van der Waals surface area (Å²) < 4.78 is 32.0. The highest BCUT2D eigenvalue weighted by Crippen LogP contribution is 2.23. The van der Waals surface area contributed by atoms with Gasteiger partial charge in [0.25, 0.3) is 0 Å². The number of benzene rings is 1. The molecular weight excluding hydrogens is 288 g/mol. The number of nitrogens with zero attached hydrogens (tertiary/aromatic N) is 1. The monoisotopic (exact) mass is 308 g/mol. The molecule has 0 bridgehead atoms. The van der Waals surface area contributed by atoms with Gasteiger partial charge in [-0.3, -0.25) is 0 Å². The van der Waals surface area contributed by atoms with Crippen molar-refractivity contribution in [1.29, 1.82) is 0 Å². The van der Waals surface area contributed by atoms with E-state index in [1.165, 1.54) is 10.6 Å². The number of aryl methyl sites for hydroxylation is 1. The minimum Gasteiger partial charge on any atom is -0.468 e. The first-order chi connectivity index (χ1) is 9.98. The van der Waals surface area contributed by atoms with Crippen molar-refractivity contribution in [3.05, 3.63) is 53.5 Å². The molecule has 0 fully saturated rings. The quantitative estimate of drug-likeness (QED) is 0.887. The number of rotatable bonds is 6. The van der Waals surface area contributed by atoms with E-state index < -0.39 is 10.0 Å². The van der Waals surface area contributed by atoms with E-state index in [-0.39, 0.29) is 6.54 Å². The summed E-state index contributed by atoms with van der Waals surface area (Å²) in [5.74, 6) is 0.606. The molecule has 0 saturated carbocycles. The van der Waals surface area contributed by atoms with Crippen molar-refractivity contribution in [2.75, 3.05) is 7.05 Å². The lowest BCUT2D eigenvalue weighted by Crippen LogP contribution is -2.27. The number of furan rings is 1. The summed E-state index contributed by atoms with van der Waals surface area (Å²) in [6, 6.07) is 8.85. The first-order valence-electron chi connectivity index (χ1n) is 6.79. The summed E-state index contributed by atoms with van der Waals surface area (Å²) in [5, 5.41) is 0. The van der Waals surface area contributed by atoms with Crippen LogP contribution in [0.15, 0.2) is 45.9 Å². The molecule has 1 aromatic carbocycles. The van der Waals surface area contributed by atoms with Crippen LogP contribution >= 0.6 is 0 Å². The van der Waals surface area contributed by atoms with Crippen molar-refractivity contribution in [2.45, 2.75) is 31.3 Å². The summed E-state index contributed by atoms with van der Waals surface area (Å²) in [6.07, 6.45) is 2.18. The highest BCUT2D eigenvalue weighted by Gasteiger charge is 2.24. The zero-order valence-corrected chi connectivity index (χ0v) is 13.1. The van der Waals surface area contributed by atoms with Crippen LogP contribution in [0, 0.1) is 0 Å². The van der Waals surface area contributed by atoms with Crippen LogP contribution in [0.2, 0.25) is 0 Å². The minimum atomic E-state index is -3.57. The topological polar surface area (TPSA) is 76.5 Å². The third-order valence-electron chi connectivity index (χ3n) is 3.40. The van der Waals surface area contributed by atoms with E-state index in [2.05, 4.69) is 0 Å². The molecule has 0 amide bonds. The van der Waals surface area contributed by atoms with Gasteiger partial charge in [0.05, 0.1) is 17.7 Å². The van der Waals surface area contributed by atoms with Crippen LogP contribution in [0.3, 0.4) is 0 Å². The molecule has 114 valence electrons. The van der Waals surface area contributed by atoms with Crippen molar-refractivity contribution in [2.24, 2.45) is 5.73 Å². The summed E-state index contributed by atoms with van der Waals surface area (Å²) in [4.78, 5) is 0.321. The molecule has 6 heteroatoms. The lowest BCUT2D eigenvalue weighted by Gasteiger charge is -2.18. The minimum absolute atomic E-state index is 0.200. The van der Waals surface area contributed by atoms with Gasteiger partial charge in [-0.05, 0) is 35.7 Å². The zero-order chi connectivity index (χ0) is 15.5. The van der Waals surface area contributed by atoms with Crippen LogP contribution in [0.1, 0.15) is 23.8 Å². The van der Waals surface area contributed by atoms with E-state index in [0.29, 0.717) is 23.6 Å². The number of nitrogens with two attached hydrogens (primary N) is 1. The lowest BCUT2D eigenvalue weighted by molar-refractivity contribution is 0.406. The number of hydrogen-bond donors (Lipinski definition) is 1. The Kier molecular flexibility index (Phi) is 4.82. The highest BCUT2D eigenvalue weighted by atomic mass is 32.2. The maximum Gasteiger partial charge on any atom is 0.243 e. The molecule has 2 N–H and O–H groups in total. The van der Waals surface area contributed by atoms with Crippen LogP contribution < -0.4 is 5.73 Å². The lowest BCUT2D eigenvalue weighted by atomic mass is 10.1. The predicted molar refractivity (Wildman–Crippen MR) is 81.1 cm³/mol.